The molecular weight excluding hydrogens is 124 g/mol. The predicted molar refractivity (Wildman–Crippen MR) is 37.6 cm³/mol. The number of aromatic amines is 1. The first-order chi connectivity index (χ1) is 3.43. The van der Waals surface area contributed by atoms with Crippen LogP contribution in [0, 0.1) is 0 Å². The Balaban J connectivity index is 0.000000490. The second-order valence-electron chi connectivity index (χ2n) is 1.33. The highest BCUT2D eigenvalue weighted by molar-refractivity contribution is 5.85. The van der Waals surface area contributed by atoms with Gasteiger partial charge in [-0.25, -0.2) is 0 Å². The second kappa shape index (κ2) is 3.38. The van der Waals surface area contributed by atoms with Gasteiger partial charge in [-0.3, -0.25) is 0 Å². The fourth-order valence-corrected chi connectivity index (χ4v) is 0.486. The summed E-state index contributed by atoms with van der Waals surface area (Å²) in [5.74, 6) is 1.06. The summed E-state index contributed by atoms with van der Waals surface area (Å²) in [6, 6.07) is 3.92. The number of rotatable bonds is 1. The average Bonchev–Trinajstić information content (AvgIpc) is 2.14. The first kappa shape index (κ1) is 7.37. The van der Waals surface area contributed by atoms with Gasteiger partial charge in [0.2, 0.25) is 0 Å². The third kappa shape index (κ3) is 1.46. The van der Waals surface area contributed by atoms with Gasteiger partial charge in [0.25, 0.3) is 0 Å². The number of hydrogen-bond donors (Lipinski definition) is 2. The SMILES string of the molecule is CNc1ccc[nH]1.Cl. The molecular formula is C5H9ClN2. The van der Waals surface area contributed by atoms with Crippen molar-refractivity contribution in [3.8, 4) is 0 Å². The number of anilines is 1. The lowest BCUT2D eigenvalue weighted by molar-refractivity contribution is 1.35. The largest absolute Gasteiger partial charge is 0.375 e. The molecule has 1 aromatic heterocycles. The highest BCUT2D eigenvalue weighted by Gasteiger charge is 1.78. The lowest BCUT2D eigenvalue weighted by Gasteiger charge is -1.87. The molecule has 0 aliphatic rings. The second-order valence-corrected chi connectivity index (χ2v) is 1.33. The van der Waals surface area contributed by atoms with Crippen molar-refractivity contribution < 1.29 is 0 Å². The fraction of sp³-hybridized carbons (Fsp3) is 0.200. The zero-order valence-corrected chi connectivity index (χ0v) is 5.46. The number of halogens is 1. The summed E-state index contributed by atoms with van der Waals surface area (Å²) in [4.78, 5) is 2.98. The summed E-state index contributed by atoms with van der Waals surface area (Å²) >= 11 is 0. The van der Waals surface area contributed by atoms with Gasteiger partial charge in [0.05, 0.1) is 0 Å². The number of H-pyrrole nitrogens is 1. The van der Waals surface area contributed by atoms with E-state index in [-0.39, 0.29) is 12.4 Å². The van der Waals surface area contributed by atoms with Crippen LogP contribution in [-0.2, 0) is 0 Å². The maximum absolute atomic E-state index is 2.98. The van der Waals surface area contributed by atoms with E-state index in [1.165, 1.54) is 0 Å². The molecule has 0 saturated heterocycles. The molecule has 46 valence electrons. The molecule has 0 atom stereocenters. The Kier molecular flexibility index (Phi) is 3.12. The van der Waals surface area contributed by atoms with Crippen molar-refractivity contribution in [1.29, 1.82) is 0 Å². The van der Waals surface area contributed by atoms with Crippen LogP contribution in [-0.4, -0.2) is 12.0 Å². The molecule has 0 unspecified atom stereocenters. The van der Waals surface area contributed by atoms with Crippen molar-refractivity contribution in [2.24, 2.45) is 0 Å². The molecule has 1 aromatic rings. The van der Waals surface area contributed by atoms with Crippen LogP contribution < -0.4 is 5.32 Å². The highest BCUT2D eigenvalue weighted by Crippen LogP contribution is 1.96. The molecule has 0 amide bonds. The zero-order valence-electron chi connectivity index (χ0n) is 4.64. The smallest absolute Gasteiger partial charge is 0.102 e. The summed E-state index contributed by atoms with van der Waals surface area (Å²) in [7, 11) is 1.88. The van der Waals surface area contributed by atoms with E-state index in [0.717, 1.165) is 5.82 Å². The molecule has 0 spiro atoms. The maximum Gasteiger partial charge on any atom is 0.102 e. The lowest BCUT2D eigenvalue weighted by Crippen LogP contribution is -1.84. The zero-order chi connectivity index (χ0) is 5.11. The molecule has 3 heteroatoms. The summed E-state index contributed by atoms with van der Waals surface area (Å²) in [6.07, 6.45) is 1.88. The Morgan fingerprint density at radius 1 is 1.62 bits per heavy atom. The van der Waals surface area contributed by atoms with Crippen molar-refractivity contribution in [3.63, 3.8) is 0 Å². The normalized spacial score (nSPS) is 7.62. The van der Waals surface area contributed by atoms with E-state index in [1.807, 2.05) is 25.4 Å². The van der Waals surface area contributed by atoms with Crippen molar-refractivity contribution in [2.75, 3.05) is 12.4 Å². The molecule has 0 aliphatic carbocycles. The van der Waals surface area contributed by atoms with Gasteiger partial charge in [-0.1, -0.05) is 0 Å². The van der Waals surface area contributed by atoms with Gasteiger partial charge in [-0.15, -0.1) is 12.4 Å². The number of nitrogens with one attached hydrogen (secondary N) is 2. The molecule has 0 aromatic carbocycles. The Morgan fingerprint density at radius 2 is 2.38 bits per heavy atom. The van der Waals surface area contributed by atoms with E-state index >= 15 is 0 Å². The Bertz CT molecular complexity index is 125. The van der Waals surface area contributed by atoms with Crippen LogP contribution in [0.1, 0.15) is 0 Å². The molecule has 1 heterocycles. The van der Waals surface area contributed by atoms with Crippen LogP contribution in [0.5, 0.6) is 0 Å². The molecule has 0 saturated carbocycles. The summed E-state index contributed by atoms with van der Waals surface area (Å²) < 4.78 is 0. The van der Waals surface area contributed by atoms with E-state index < -0.39 is 0 Å². The van der Waals surface area contributed by atoms with Crippen LogP contribution in [0.3, 0.4) is 0 Å². The first-order valence-electron chi connectivity index (χ1n) is 2.24. The Hall–Kier alpha value is -0.630. The molecule has 2 nitrogen and oxygen atoms in total. The molecule has 0 radical (unpaired) electrons. The third-order valence-corrected chi connectivity index (χ3v) is 0.867. The van der Waals surface area contributed by atoms with E-state index in [0.29, 0.717) is 0 Å². The van der Waals surface area contributed by atoms with Crippen LogP contribution in [0.15, 0.2) is 18.3 Å². The minimum absolute atomic E-state index is 0. The maximum atomic E-state index is 2.98. The quantitative estimate of drug-likeness (QED) is 0.595. The molecule has 8 heavy (non-hydrogen) atoms. The number of aromatic nitrogens is 1. The highest BCUT2D eigenvalue weighted by atomic mass is 35.5. The van der Waals surface area contributed by atoms with E-state index in [9.17, 15) is 0 Å². The van der Waals surface area contributed by atoms with Gasteiger partial charge in [0, 0.05) is 13.2 Å². The van der Waals surface area contributed by atoms with Crippen molar-refractivity contribution in [2.45, 2.75) is 0 Å². The average molecular weight is 133 g/mol. The van der Waals surface area contributed by atoms with Gasteiger partial charge in [-0.05, 0) is 12.1 Å². The first-order valence-corrected chi connectivity index (χ1v) is 2.24. The Morgan fingerprint density at radius 3 is 2.62 bits per heavy atom. The summed E-state index contributed by atoms with van der Waals surface area (Å²) in [5, 5.41) is 2.95. The lowest BCUT2D eigenvalue weighted by atomic mass is 10.6. The van der Waals surface area contributed by atoms with Crippen molar-refractivity contribution >= 4 is 18.2 Å². The third-order valence-electron chi connectivity index (χ3n) is 0.867. The van der Waals surface area contributed by atoms with Crippen molar-refractivity contribution in [1.82, 2.24) is 4.98 Å². The minimum Gasteiger partial charge on any atom is -0.375 e. The van der Waals surface area contributed by atoms with Crippen LogP contribution in [0.25, 0.3) is 0 Å². The molecule has 1 rings (SSSR count). The van der Waals surface area contributed by atoms with E-state index in [4.69, 9.17) is 0 Å². The van der Waals surface area contributed by atoms with Crippen LogP contribution in [0.4, 0.5) is 5.82 Å². The molecule has 0 fully saturated rings. The molecule has 0 aliphatic heterocycles. The summed E-state index contributed by atoms with van der Waals surface area (Å²) in [6.45, 7) is 0. The molecule has 0 bridgehead atoms. The summed E-state index contributed by atoms with van der Waals surface area (Å²) in [5.41, 5.74) is 0. The van der Waals surface area contributed by atoms with Gasteiger partial charge < -0.3 is 10.3 Å². The van der Waals surface area contributed by atoms with E-state index in [2.05, 4.69) is 10.3 Å². The van der Waals surface area contributed by atoms with Gasteiger partial charge in [0.1, 0.15) is 5.82 Å². The monoisotopic (exact) mass is 132 g/mol. The fourth-order valence-electron chi connectivity index (χ4n) is 0.486. The standard InChI is InChI=1S/C5H8N2.ClH/c1-6-5-3-2-4-7-5;/h2-4,6-7H,1H3;1H. The minimum atomic E-state index is 0. The van der Waals surface area contributed by atoms with Crippen LogP contribution >= 0.6 is 12.4 Å². The number of hydrogen-bond acceptors (Lipinski definition) is 1. The van der Waals surface area contributed by atoms with E-state index in [1.54, 1.807) is 0 Å². The van der Waals surface area contributed by atoms with Gasteiger partial charge >= 0.3 is 0 Å². The Labute approximate surface area is 54.7 Å². The topological polar surface area (TPSA) is 27.8 Å². The van der Waals surface area contributed by atoms with Gasteiger partial charge in [0.15, 0.2) is 0 Å². The van der Waals surface area contributed by atoms with Gasteiger partial charge in [-0.2, -0.15) is 0 Å². The van der Waals surface area contributed by atoms with Crippen molar-refractivity contribution in [3.05, 3.63) is 18.3 Å². The van der Waals surface area contributed by atoms with Crippen LogP contribution in [0.2, 0.25) is 0 Å². The molecule has 2 N–H and O–H groups in total. The predicted octanol–water partition coefficient (Wildman–Crippen LogP) is 1.48.